The van der Waals surface area contributed by atoms with Gasteiger partial charge in [-0.2, -0.15) is 0 Å². The van der Waals surface area contributed by atoms with Crippen LogP contribution in [0.2, 0.25) is 0 Å². The van der Waals surface area contributed by atoms with Crippen molar-refractivity contribution in [1.82, 2.24) is 0 Å². The highest BCUT2D eigenvalue weighted by Gasteiger charge is 2.47. The Hall–Kier alpha value is -2.55. The molecule has 4 rings (SSSR count). The van der Waals surface area contributed by atoms with E-state index in [1.165, 1.54) is 29.5 Å². The number of hydrogen-bond donors (Lipinski definition) is 4. The van der Waals surface area contributed by atoms with E-state index in [0.717, 1.165) is 16.7 Å². The molecule has 0 unspecified atom stereocenters. The minimum absolute atomic E-state index is 0.0372. The molecule has 2 aromatic rings. The lowest BCUT2D eigenvalue weighted by molar-refractivity contribution is -0.297. The zero-order valence-corrected chi connectivity index (χ0v) is 22.1. The number of aliphatic hydroxyl groups is 3. The van der Waals surface area contributed by atoms with Gasteiger partial charge in [0, 0.05) is 0 Å². The molecular formula is C30H38O7. The summed E-state index contributed by atoms with van der Waals surface area (Å²) in [6.07, 6.45) is -3.56. The SMILES string of the molecule is CC(=Cc1ccc(CO[C@@H]2O[C@H](C(=O)O)[C@@H](O)[C@H](O)[C@H]2O)cc1)c1ccc2c(c1)C(C)(C)CCC2(C)C. The average molecular weight is 511 g/mol. The monoisotopic (exact) mass is 510 g/mol. The molecule has 1 saturated heterocycles. The van der Waals surface area contributed by atoms with Gasteiger partial charge in [-0.25, -0.2) is 4.79 Å². The minimum Gasteiger partial charge on any atom is -0.479 e. The number of rotatable bonds is 6. The molecule has 0 bridgehead atoms. The highest BCUT2D eigenvalue weighted by atomic mass is 16.7. The topological polar surface area (TPSA) is 116 Å². The Morgan fingerprint density at radius 3 is 2.19 bits per heavy atom. The molecular weight excluding hydrogens is 472 g/mol. The Balaban J connectivity index is 1.45. The zero-order chi connectivity index (χ0) is 27.1. The van der Waals surface area contributed by atoms with Crippen LogP contribution in [-0.2, 0) is 31.7 Å². The number of hydrogen-bond acceptors (Lipinski definition) is 6. The summed E-state index contributed by atoms with van der Waals surface area (Å²) in [5.41, 5.74) is 7.38. The molecule has 0 spiro atoms. The van der Waals surface area contributed by atoms with Gasteiger partial charge in [0.1, 0.15) is 18.3 Å². The molecule has 0 saturated carbocycles. The Bertz CT molecular complexity index is 1160. The first kappa shape index (κ1) is 27.5. The summed E-state index contributed by atoms with van der Waals surface area (Å²) in [6.45, 7) is 11.5. The Kier molecular flexibility index (Phi) is 7.66. The Morgan fingerprint density at radius 2 is 1.57 bits per heavy atom. The lowest BCUT2D eigenvalue weighted by Gasteiger charge is -2.42. The van der Waals surface area contributed by atoms with Crippen LogP contribution < -0.4 is 0 Å². The lowest BCUT2D eigenvalue weighted by atomic mass is 9.63. The van der Waals surface area contributed by atoms with Crippen LogP contribution in [0, 0.1) is 0 Å². The van der Waals surface area contributed by atoms with E-state index in [0.29, 0.717) is 0 Å². The molecule has 1 fully saturated rings. The van der Waals surface area contributed by atoms with Crippen molar-refractivity contribution in [2.45, 2.75) is 95.6 Å². The number of aliphatic hydroxyl groups excluding tert-OH is 3. The predicted molar refractivity (Wildman–Crippen MR) is 141 cm³/mol. The Morgan fingerprint density at radius 1 is 0.946 bits per heavy atom. The Labute approximate surface area is 218 Å². The minimum atomic E-state index is -1.74. The van der Waals surface area contributed by atoms with Gasteiger partial charge in [0.25, 0.3) is 0 Å². The van der Waals surface area contributed by atoms with E-state index in [9.17, 15) is 20.1 Å². The van der Waals surface area contributed by atoms with Gasteiger partial charge in [0.15, 0.2) is 12.4 Å². The van der Waals surface area contributed by atoms with Crippen molar-refractivity contribution < 1.29 is 34.7 Å². The van der Waals surface area contributed by atoms with E-state index in [-0.39, 0.29) is 17.4 Å². The van der Waals surface area contributed by atoms with E-state index < -0.39 is 36.7 Å². The van der Waals surface area contributed by atoms with Crippen LogP contribution in [-0.4, -0.2) is 57.1 Å². The first-order valence-electron chi connectivity index (χ1n) is 12.8. The maximum Gasteiger partial charge on any atom is 0.335 e. The van der Waals surface area contributed by atoms with Crippen LogP contribution >= 0.6 is 0 Å². The van der Waals surface area contributed by atoms with Crippen molar-refractivity contribution in [1.29, 1.82) is 0 Å². The number of carboxylic acids is 1. The number of carbonyl (C=O) groups is 1. The lowest BCUT2D eigenvalue weighted by Crippen LogP contribution is -2.60. The predicted octanol–water partition coefficient (Wildman–Crippen LogP) is 4.00. The number of carboxylic acid groups (broad SMARTS) is 1. The third-order valence-electron chi connectivity index (χ3n) is 7.90. The molecule has 2 aromatic carbocycles. The molecule has 4 N–H and O–H groups in total. The van der Waals surface area contributed by atoms with E-state index in [1.54, 1.807) is 0 Å². The van der Waals surface area contributed by atoms with Crippen molar-refractivity contribution in [3.63, 3.8) is 0 Å². The van der Waals surface area contributed by atoms with Crippen LogP contribution in [0.5, 0.6) is 0 Å². The van der Waals surface area contributed by atoms with Crippen molar-refractivity contribution in [2.24, 2.45) is 0 Å². The highest BCUT2D eigenvalue weighted by Crippen LogP contribution is 2.46. The second-order valence-electron chi connectivity index (χ2n) is 11.6. The normalized spacial score (nSPS) is 29.0. The smallest absolute Gasteiger partial charge is 0.335 e. The molecule has 2 aliphatic rings. The average Bonchev–Trinajstić information content (AvgIpc) is 2.85. The number of aliphatic carboxylic acids is 1. The first-order chi connectivity index (χ1) is 17.3. The summed E-state index contributed by atoms with van der Waals surface area (Å²) in [4.78, 5) is 11.3. The number of fused-ring (bicyclic) bond motifs is 1. The van der Waals surface area contributed by atoms with E-state index in [2.05, 4.69) is 58.9 Å². The molecule has 1 aliphatic heterocycles. The summed E-state index contributed by atoms with van der Waals surface area (Å²) in [5.74, 6) is -1.44. The summed E-state index contributed by atoms with van der Waals surface area (Å²) < 4.78 is 10.7. The molecule has 0 aromatic heterocycles. The standard InChI is InChI=1S/C30H38O7/c1-17(20-10-11-21-22(15-20)30(4,5)13-12-29(21,2)3)14-18-6-8-19(9-7-18)16-36-28-25(33)23(31)24(32)26(37-28)27(34)35/h6-11,14-15,23-26,28,31-33H,12-13,16H2,1-5H3,(H,34,35)/t23-,24-,25+,26-,28+/m0/s1. The highest BCUT2D eigenvalue weighted by molar-refractivity contribution is 5.80. The zero-order valence-electron chi connectivity index (χ0n) is 22.1. The van der Waals surface area contributed by atoms with E-state index >= 15 is 0 Å². The first-order valence-corrected chi connectivity index (χ1v) is 12.8. The molecule has 200 valence electrons. The molecule has 7 nitrogen and oxygen atoms in total. The summed E-state index contributed by atoms with van der Waals surface area (Å²) in [7, 11) is 0. The molecule has 1 heterocycles. The molecule has 37 heavy (non-hydrogen) atoms. The van der Waals surface area contributed by atoms with Crippen LogP contribution in [0.1, 0.15) is 75.3 Å². The largest absolute Gasteiger partial charge is 0.479 e. The van der Waals surface area contributed by atoms with Gasteiger partial charge < -0.3 is 29.9 Å². The molecule has 0 radical (unpaired) electrons. The number of ether oxygens (including phenoxy) is 2. The van der Waals surface area contributed by atoms with Crippen molar-refractivity contribution in [2.75, 3.05) is 0 Å². The molecule has 7 heteroatoms. The van der Waals surface area contributed by atoms with Gasteiger partial charge >= 0.3 is 5.97 Å². The van der Waals surface area contributed by atoms with Crippen LogP contribution in [0.4, 0.5) is 0 Å². The van der Waals surface area contributed by atoms with Gasteiger partial charge in [0.05, 0.1) is 6.61 Å². The van der Waals surface area contributed by atoms with Crippen LogP contribution in [0.3, 0.4) is 0 Å². The van der Waals surface area contributed by atoms with Gasteiger partial charge in [-0.15, -0.1) is 0 Å². The maximum atomic E-state index is 11.3. The number of benzene rings is 2. The molecule has 5 atom stereocenters. The van der Waals surface area contributed by atoms with Gasteiger partial charge in [-0.3, -0.25) is 0 Å². The van der Waals surface area contributed by atoms with E-state index in [4.69, 9.17) is 14.6 Å². The third-order valence-corrected chi connectivity index (χ3v) is 7.90. The van der Waals surface area contributed by atoms with E-state index in [1.807, 2.05) is 24.3 Å². The third kappa shape index (κ3) is 5.66. The molecule has 1 aliphatic carbocycles. The summed E-state index contributed by atoms with van der Waals surface area (Å²) in [6, 6.07) is 14.5. The fraction of sp³-hybridized carbons (Fsp3) is 0.500. The van der Waals surface area contributed by atoms with Gasteiger partial charge in [-0.05, 0) is 64.0 Å². The second-order valence-corrected chi connectivity index (χ2v) is 11.6. The van der Waals surface area contributed by atoms with Gasteiger partial charge in [-0.1, -0.05) is 76.2 Å². The van der Waals surface area contributed by atoms with Crippen molar-refractivity contribution in [3.8, 4) is 0 Å². The molecule has 0 amide bonds. The second kappa shape index (κ2) is 10.3. The van der Waals surface area contributed by atoms with Crippen LogP contribution in [0.25, 0.3) is 11.6 Å². The van der Waals surface area contributed by atoms with Crippen molar-refractivity contribution >= 4 is 17.6 Å². The fourth-order valence-electron chi connectivity index (χ4n) is 5.25. The maximum absolute atomic E-state index is 11.3. The van der Waals surface area contributed by atoms with Crippen LogP contribution in [0.15, 0.2) is 42.5 Å². The summed E-state index contributed by atoms with van der Waals surface area (Å²) in [5, 5.41) is 39.0. The fourth-order valence-corrected chi connectivity index (χ4v) is 5.25. The number of allylic oxidation sites excluding steroid dienone is 1. The van der Waals surface area contributed by atoms with Gasteiger partial charge in [0.2, 0.25) is 0 Å². The summed E-state index contributed by atoms with van der Waals surface area (Å²) >= 11 is 0. The van der Waals surface area contributed by atoms with Crippen molar-refractivity contribution in [3.05, 3.63) is 70.3 Å². The quantitative estimate of drug-likeness (QED) is 0.434.